The Morgan fingerprint density at radius 1 is 1.19 bits per heavy atom. The number of fused-ring (bicyclic) bond motifs is 1. The van der Waals surface area contributed by atoms with Gasteiger partial charge in [0.2, 0.25) is 5.82 Å². The predicted molar refractivity (Wildman–Crippen MR) is 151 cm³/mol. The Morgan fingerprint density at radius 3 is 2.67 bits per heavy atom. The number of esters is 1. The van der Waals surface area contributed by atoms with Gasteiger partial charge in [-0.1, -0.05) is 11.3 Å². The average Bonchev–Trinajstić information content (AvgIpc) is 3.56. The van der Waals surface area contributed by atoms with Crippen molar-refractivity contribution in [2.45, 2.75) is 19.9 Å². The van der Waals surface area contributed by atoms with E-state index in [0.717, 1.165) is 23.5 Å². The van der Waals surface area contributed by atoms with E-state index in [4.69, 9.17) is 18.6 Å². The number of ether oxygens (including phenoxy) is 3. The number of carbonyl (C=O) groups is 1. The second-order valence-corrected chi connectivity index (χ2v) is 10.0. The van der Waals surface area contributed by atoms with Gasteiger partial charge in [-0.15, -0.1) is 0 Å². The summed E-state index contributed by atoms with van der Waals surface area (Å²) in [4.78, 5) is 42.3. The smallest absolute Gasteiger partial charge is 0.338 e. The Bertz CT molecular complexity index is 1940. The first kappa shape index (κ1) is 28.5. The van der Waals surface area contributed by atoms with Crippen molar-refractivity contribution in [3.63, 3.8) is 0 Å². The summed E-state index contributed by atoms with van der Waals surface area (Å²) >= 11 is 1.10. The third-order valence-electron chi connectivity index (χ3n) is 6.58. The van der Waals surface area contributed by atoms with Crippen LogP contribution in [0.15, 0.2) is 74.0 Å². The Balaban J connectivity index is 1.65. The lowest BCUT2D eigenvalue weighted by Gasteiger charge is -2.26. The molecule has 0 saturated carbocycles. The quantitative estimate of drug-likeness (QED) is 0.169. The molecule has 1 aliphatic heterocycles. The molecule has 216 valence electrons. The van der Waals surface area contributed by atoms with Gasteiger partial charge in [0.05, 0.1) is 41.6 Å². The third-order valence-corrected chi connectivity index (χ3v) is 7.56. The van der Waals surface area contributed by atoms with Crippen molar-refractivity contribution in [3.05, 3.63) is 107 Å². The van der Waals surface area contributed by atoms with Gasteiger partial charge in [-0.05, 0) is 50.2 Å². The largest absolute Gasteiger partial charge is 0.497 e. The minimum atomic E-state index is -0.961. The lowest BCUT2D eigenvalue weighted by atomic mass is 9.95. The van der Waals surface area contributed by atoms with Gasteiger partial charge >= 0.3 is 11.7 Å². The molecule has 4 aromatic rings. The van der Waals surface area contributed by atoms with Crippen molar-refractivity contribution in [1.82, 2.24) is 4.57 Å². The molecule has 0 unspecified atom stereocenters. The van der Waals surface area contributed by atoms with Crippen molar-refractivity contribution < 1.29 is 32.7 Å². The molecule has 0 N–H and O–H groups in total. The molecule has 0 fully saturated rings. The molecule has 0 aliphatic carbocycles. The fourth-order valence-electron chi connectivity index (χ4n) is 4.65. The number of benzene rings is 2. The molecule has 42 heavy (non-hydrogen) atoms. The minimum absolute atomic E-state index is 0.130. The first-order valence-corrected chi connectivity index (χ1v) is 13.4. The summed E-state index contributed by atoms with van der Waals surface area (Å²) < 4.78 is 37.6. The summed E-state index contributed by atoms with van der Waals surface area (Å²) in [5.41, 5.74) is 0.290. The highest BCUT2D eigenvalue weighted by molar-refractivity contribution is 7.07. The summed E-state index contributed by atoms with van der Waals surface area (Å²) in [7, 11) is 3.00. The summed E-state index contributed by atoms with van der Waals surface area (Å²) in [6.07, 6.45) is 1.51. The van der Waals surface area contributed by atoms with E-state index in [-0.39, 0.29) is 28.2 Å². The number of allylic oxidation sites excluding steroid dienone is 1. The van der Waals surface area contributed by atoms with Gasteiger partial charge in [0.1, 0.15) is 29.1 Å². The van der Waals surface area contributed by atoms with Crippen molar-refractivity contribution in [2.75, 3.05) is 20.8 Å². The first-order valence-electron chi connectivity index (χ1n) is 12.6. The maximum absolute atomic E-state index is 13.9. The van der Waals surface area contributed by atoms with Gasteiger partial charge < -0.3 is 18.6 Å². The number of furan rings is 1. The number of hydrogen-bond acceptors (Lipinski definition) is 10. The van der Waals surface area contributed by atoms with E-state index >= 15 is 0 Å². The Labute approximate surface area is 241 Å². The Kier molecular flexibility index (Phi) is 7.77. The molecule has 1 atom stereocenters. The number of methoxy groups -OCH3 is 2. The number of nitrogens with zero attached hydrogens (tertiary/aromatic N) is 3. The van der Waals surface area contributed by atoms with Gasteiger partial charge in [-0.25, -0.2) is 9.79 Å². The molecule has 0 bridgehead atoms. The highest BCUT2D eigenvalue weighted by Crippen LogP contribution is 2.37. The molecule has 0 spiro atoms. The second-order valence-electron chi connectivity index (χ2n) is 9.04. The van der Waals surface area contributed by atoms with Crippen LogP contribution in [0.3, 0.4) is 0 Å². The van der Waals surface area contributed by atoms with Crippen LogP contribution in [0, 0.1) is 15.9 Å². The van der Waals surface area contributed by atoms with Crippen LogP contribution >= 0.6 is 11.3 Å². The second kappa shape index (κ2) is 11.4. The van der Waals surface area contributed by atoms with Gasteiger partial charge in [0.25, 0.3) is 5.56 Å². The van der Waals surface area contributed by atoms with E-state index in [0.29, 0.717) is 33.1 Å². The maximum Gasteiger partial charge on any atom is 0.338 e. The summed E-state index contributed by atoms with van der Waals surface area (Å²) in [5, 5.41) is 11.1. The lowest BCUT2D eigenvalue weighted by molar-refractivity contribution is -0.387. The molecule has 2 aromatic carbocycles. The highest BCUT2D eigenvalue weighted by Gasteiger charge is 2.35. The molecule has 11 nitrogen and oxygen atoms in total. The van der Waals surface area contributed by atoms with Crippen molar-refractivity contribution in [3.8, 4) is 22.8 Å². The molecular weight excluding hydrogens is 569 g/mol. The molecule has 5 rings (SSSR count). The molecule has 13 heteroatoms. The van der Waals surface area contributed by atoms with Gasteiger partial charge in [0, 0.05) is 29.3 Å². The third kappa shape index (κ3) is 5.09. The molecule has 0 radical (unpaired) electrons. The molecule has 2 aromatic heterocycles. The average molecular weight is 594 g/mol. The van der Waals surface area contributed by atoms with Crippen LogP contribution in [0.1, 0.15) is 31.2 Å². The molecule has 0 amide bonds. The number of nitro benzene ring substituents is 1. The fraction of sp³-hybridized carbons (Fsp3) is 0.207. The highest BCUT2D eigenvalue weighted by atomic mass is 32.1. The van der Waals surface area contributed by atoms with Crippen LogP contribution in [0.25, 0.3) is 17.4 Å². The minimum Gasteiger partial charge on any atom is -0.497 e. The van der Waals surface area contributed by atoms with E-state index in [2.05, 4.69) is 4.99 Å². The monoisotopic (exact) mass is 593 g/mol. The standard InChI is InChI=1S/C29H24FN3O8S/c1-5-40-28(35)25-15(2)31-29-32(26(25)19-9-7-17(38-3)13-23(19)39-4)27(34)24(42-29)14-18-8-11-22(41-18)16-6-10-20(30)21(12-16)33(36)37/h6-14,26H,5H2,1-4H3/b24-14-/t26-/m1/s1. The van der Waals surface area contributed by atoms with Gasteiger partial charge in [-0.2, -0.15) is 4.39 Å². The zero-order chi connectivity index (χ0) is 30.1. The van der Waals surface area contributed by atoms with Crippen LogP contribution in [-0.2, 0) is 9.53 Å². The van der Waals surface area contributed by atoms with E-state index in [9.17, 15) is 24.1 Å². The van der Waals surface area contributed by atoms with Crippen molar-refractivity contribution in [1.29, 1.82) is 0 Å². The summed E-state index contributed by atoms with van der Waals surface area (Å²) in [6, 6.07) is 10.8. The number of rotatable bonds is 8. The van der Waals surface area contributed by atoms with E-state index in [1.807, 2.05) is 0 Å². The zero-order valence-electron chi connectivity index (χ0n) is 22.9. The Morgan fingerprint density at radius 2 is 1.98 bits per heavy atom. The predicted octanol–water partition coefficient (Wildman–Crippen LogP) is 4.12. The number of hydrogen-bond donors (Lipinski definition) is 0. The topological polar surface area (TPSA) is 135 Å². The number of thiazole rings is 1. The van der Waals surface area contributed by atoms with Crippen LogP contribution in [0.2, 0.25) is 0 Å². The van der Waals surface area contributed by atoms with Crippen LogP contribution < -0.4 is 24.4 Å². The fourth-order valence-corrected chi connectivity index (χ4v) is 5.68. The SMILES string of the molecule is CCOC(=O)C1=C(C)N=c2s/c(=C\c3ccc(-c4ccc(F)c([N+](=O)[O-])c4)o3)c(=O)n2[C@@H]1c1ccc(OC)cc1OC. The molecule has 3 heterocycles. The van der Waals surface area contributed by atoms with Crippen LogP contribution in [-0.4, -0.2) is 36.3 Å². The number of nitro groups is 1. The number of carbonyl (C=O) groups excluding carboxylic acids is 1. The molecule has 1 aliphatic rings. The van der Waals surface area contributed by atoms with Gasteiger partial charge in [0.15, 0.2) is 4.80 Å². The molecular formula is C29H24FN3O8S. The molecule has 0 saturated heterocycles. The van der Waals surface area contributed by atoms with Gasteiger partial charge in [-0.3, -0.25) is 19.5 Å². The number of halogens is 1. The normalized spacial score (nSPS) is 14.8. The van der Waals surface area contributed by atoms with Crippen LogP contribution in [0.5, 0.6) is 11.5 Å². The zero-order valence-corrected chi connectivity index (χ0v) is 23.7. The van der Waals surface area contributed by atoms with E-state index < -0.39 is 34.0 Å². The summed E-state index contributed by atoms with van der Waals surface area (Å²) in [6.45, 7) is 3.49. The van der Waals surface area contributed by atoms with Crippen molar-refractivity contribution in [2.24, 2.45) is 4.99 Å². The van der Waals surface area contributed by atoms with Crippen LogP contribution in [0.4, 0.5) is 10.1 Å². The van der Waals surface area contributed by atoms with E-state index in [1.54, 1.807) is 44.2 Å². The number of aromatic nitrogens is 1. The maximum atomic E-state index is 13.9. The Hall–Kier alpha value is -5.04. The summed E-state index contributed by atoms with van der Waals surface area (Å²) in [5.74, 6) is -0.117. The van der Waals surface area contributed by atoms with E-state index in [1.165, 1.54) is 30.9 Å². The van der Waals surface area contributed by atoms with Crippen molar-refractivity contribution >= 4 is 29.1 Å². The first-order chi connectivity index (χ1) is 20.2. The lowest BCUT2D eigenvalue weighted by Crippen LogP contribution is -2.40.